The van der Waals surface area contributed by atoms with Gasteiger partial charge in [-0.3, -0.25) is 0 Å². The second kappa shape index (κ2) is 4.40. The molecule has 0 spiro atoms. The summed E-state index contributed by atoms with van der Waals surface area (Å²) >= 11 is 0. The van der Waals surface area contributed by atoms with Gasteiger partial charge in [0.05, 0.1) is 6.61 Å². The van der Waals surface area contributed by atoms with E-state index in [0.29, 0.717) is 23.6 Å². The quantitative estimate of drug-likeness (QED) is 0.796. The number of methoxy groups -OCH3 is 1. The number of nitrogens with zero attached hydrogens (tertiary/aromatic N) is 5. The second-order valence-electron chi connectivity index (χ2n) is 3.61. The van der Waals surface area contributed by atoms with Gasteiger partial charge in [-0.1, -0.05) is 5.21 Å². The molecule has 2 aromatic heterocycles. The van der Waals surface area contributed by atoms with Crippen LogP contribution in [0.3, 0.4) is 0 Å². The second-order valence-corrected chi connectivity index (χ2v) is 3.61. The van der Waals surface area contributed by atoms with Crippen molar-refractivity contribution in [2.24, 2.45) is 7.05 Å². The Labute approximate surface area is 92.8 Å². The van der Waals surface area contributed by atoms with E-state index in [1.165, 1.54) is 6.33 Å². The van der Waals surface area contributed by atoms with Gasteiger partial charge in [-0.05, 0) is 6.92 Å². The molecular weight excluding hydrogens is 208 g/mol. The predicted molar refractivity (Wildman–Crippen MR) is 59.1 cm³/mol. The summed E-state index contributed by atoms with van der Waals surface area (Å²) in [7, 11) is 3.46. The van der Waals surface area contributed by atoms with E-state index in [9.17, 15) is 0 Å². The number of aromatic nitrogens is 5. The van der Waals surface area contributed by atoms with E-state index in [2.05, 4.69) is 25.6 Å². The van der Waals surface area contributed by atoms with Gasteiger partial charge in [0.1, 0.15) is 6.33 Å². The summed E-state index contributed by atoms with van der Waals surface area (Å²) in [5, 5.41) is 11.1. The van der Waals surface area contributed by atoms with Gasteiger partial charge in [-0.2, -0.15) is 0 Å². The topological polar surface area (TPSA) is 77.8 Å². The van der Waals surface area contributed by atoms with E-state index in [-0.39, 0.29) is 6.04 Å². The number of ether oxygens (including phenoxy) is 1. The third-order valence-electron chi connectivity index (χ3n) is 2.19. The SMILES string of the molecule is COC[C@@H](C)Nc1ncnc2c1nnn2C. The van der Waals surface area contributed by atoms with Crippen molar-refractivity contribution >= 4 is 17.0 Å². The van der Waals surface area contributed by atoms with Crippen molar-refractivity contribution in [1.82, 2.24) is 25.0 Å². The van der Waals surface area contributed by atoms with E-state index < -0.39 is 0 Å². The Morgan fingerprint density at radius 3 is 3.06 bits per heavy atom. The van der Waals surface area contributed by atoms with Crippen LogP contribution in [0.2, 0.25) is 0 Å². The fourth-order valence-electron chi connectivity index (χ4n) is 1.48. The number of aryl methyl sites for hydroxylation is 1. The highest BCUT2D eigenvalue weighted by molar-refractivity contribution is 5.81. The average molecular weight is 222 g/mol. The van der Waals surface area contributed by atoms with Gasteiger partial charge in [0.2, 0.25) is 0 Å². The van der Waals surface area contributed by atoms with Gasteiger partial charge >= 0.3 is 0 Å². The molecule has 2 heterocycles. The molecule has 1 N–H and O–H groups in total. The van der Waals surface area contributed by atoms with Gasteiger partial charge in [0.15, 0.2) is 17.0 Å². The van der Waals surface area contributed by atoms with Gasteiger partial charge < -0.3 is 10.1 Å². The molecule has 0 bridgehead atoms. The summed E-state index contributed by atoms with van der Waals surface area (Å²) in [6.45, 7) is 2.61. The fraction of sp³-hybridized carbons (Fsp3) is 0.556. The van der Waals surface area contributed by atoms with Crippen molar-refractivity contribution in [3.8, 4) is 0 Å². The standard InChI is InChI=1S/C9H14N6O/c1-6(4-16-3)12-8-7-9(11-5-10-8)15(2)14-13-7/h5-6H,4H2,1-3H3,(H,10,11,12)/t6-/m1/s1. The highest BCUT2D eigenvalue weighted by Crippen LogP contribution is 2.15. The number of hydrogen-bond acceptors (Lipinski definition) is 6. The van der Waals surface area contributed by atoms with Gasteiger partial charge in [-0.25, -0.2) is 14.6 Å². The number of fused-ring (bicyclic) bond motifs is 1. The number of nitrogens with one attached hydrogen (secondary N) is 1. The van der Waals surface area contributed by atoms with Crippen molar-refractivity contribution in [3.63, 3.8) is 0 Å². The molecule has 16 heavy (non-hydrogen) atoms. The average Bonchev–Trinajstić information content (AvgIpc) is 2.62. The first-order chi connectivity index (χ1) is 7.72. The minimum Gasteiger partial charge on any atom is -0.383 e. The number of rotatable bonds is 4. The lowest BCUT2D eigenvalue weighted by Gasteiger charge is -2.12. The minimum absolute atomic E-state index is 0.158. The molecule has 2 aromatic rings. The summed E-state index contributed by atoms with van der Waals surface area (Å²) in [4.78, 5) is 8.26. The summed E-state index contributed by atoms with van der Waals surface area (Å²) in [6, 6.07) is 0.158. The Hall–Kier alpha value is -1.76. The molecule has 0 fully saturated rings. The molecule has 0 unspecified atom stereocenters. The lowest BCUT2D eigenvalue weighted by molar-refractivity contribution is 0.190. The zero-order valence-corrected chi connectivity index (χ0v) is 9.51. The summed E-state index contributed by atoms with van der Waals surface area (Å²) in [5.74, 6) is 0.683. The van der Waals surface area contributed by atoms with Crippen molar-refractivity contribution < 1.29 is 4.74 Å². The zero-order chi connectivity index (χ0) is 11.5. The fourth-order valence-corrected chi connectivity index (χ4v) is 1.48. The Bertz CT molecular complexity index is 482. The van der Waals surface area contributed by atoms with E-state index in [1.54, 1.807) is 18.8 Å². The normalized spacial score (nSPS) is 12.9. The van der Waals surface area contributed by atoms with E-state index in [0.717, 1.165) is 0 Å². The van der Waals surface area contributed by atoms with Crippen LogP contribution in [-0.4, -0.2) is 44.7 Å². The maximum atomic E-state index is 5.05. The lowest BCUT2D eigenvalue weighted by Crippen LogP contribution is -2.21. The van der Waals surface area contributed by atoms with Crippen LogP contribution < -0.4 is 5.32 Å². The molecule has 7 heteroatoms. The first-order valence-corrected chi connectivity index (χ1v) is 4.98. The first-order valence-electron chi connectivity index (χ1n) is 4.98. The van der Waals surface area contributed by atoms with Crippen LogP contribution in [-0.2, 0) is 11.8 Å². The third kappa shape index (κ3) is 1.94. The summed E-state index contributed by atoms with van der Waals surface area (Å²) < 4.78 is 6.66. The molecule has 0 aromatic carbocycles. The maximum Gasteiger partial charge on any atom is 0.183 e. The monoisotopic (exact) mass is 222 g/mol. The molecule has 0 aliphatic heterocycles. The Balaban J connectivity index is 2.30. The van der Waals surface area contributed by atoms with Crippen molar-refractivity contribution in [1.29, 1.82) is 0 Å². The molecule has 1 atom stereocenters. The van der Waals surface area contributed by atoms with Crippen molar-refractivity contribution in [3.05, 3.63) is 6.33 Å². The summed E-state index contributed by atoms with van der Waals surface area (Å²) in [5.41, 5.74) is 1.38. The van der Waals surface area contributed by atoms with Gasteiger partial charge in [0.25, 0.3) is 0 Å². The lowest BCUT2D eigenvalue weighted by atomic mass is 10.3. The zero-order valence-electron chi connectivity index (χ0n) is 9.51. The number of anilines is 1. The van der Waals surface area contributed by atoms with Crippen LogP contribution in [0.15, 0.2) is 6.33 Å². The van der Waals surface area contributed by atoms with E-state index in [1.807, 2.05) is 6.92 Å². The molecular formula is C9H14N6O. The Kier molecular flexibility index (Phi) is 2.95. The van der Waals surface area contributed by atoms with Crippen LogP contribution in [0.25, 0.3) is 11.2 Å². The van der Waals surface area contributed by atoms with E-state index >= 15 is 0 Å². The summed E-state index contributed by atoms with van der Waals surface area (Å²) in [6.07, 6.45) is 1.49. The van der Waals surface area contributed by atoms with Crippen LogP contribution in [0.1, 0.15) is 6.92 Å². The smallest absolute Gasteiger partial charge is 0.183 e. The van der Waals surface area contributed by atoms with Gasteiger partial charge in [0, 0.05) is 20.2 Å². The van der Waals surface area contributed by atoms with Crippen molar-refractivity contribution in [2.45, 2.75) is 13.0 Å². The van der Waals surface area contributed by atoms with E-state index in [4.69, 9.17) is 4.74 Å². The molecule has 0 saturated heterocycles. The molecule has 0 aliphatic carbocycles. The van der Waals surface area contributed by atoms with Crippen LogP contribution in [0, 0.1) is 0 Å². The molecule has 0 aliphatic rings. The first kappa shape index (κ1) is 10.7. The van der Waals surface area contributed by atoms with Crippen molar-refractivity contribution in [2.75, 3.05) is 19.0 Å². The van der Waals surface area contributed by atoms with Crippen LogP contribution >= 0.6 is 0 Å². The molecule has 86 valence electrons. The highest BCUT2D eigenvalue weighted by atomic mass is 16.5. The molecule has 0 amide bonds. The predicted octanol–water partition coefficient (Wildman–Crippen LogP) is 0.205. The maximum absolute atomic E-state index is 5.05. The Morgan fingerprint density at radius 2 is 2.31 bits per heavy atom. The molecule has 0 saturated carbocycles. The van der Waals surface area contributed by atoms with Crippen LogP contribution in [0.5, 0.6) is 0 Å². The van der Waals surface area contributed by atoms with Gasteiger partial charge in [-0.15, -0.1) is 5.10 Å². The molecule has 7 nitrogen and oxygen atoms in total. The van der Waals surface area contributed by atoms with Crippen LogP contribution in [0.4, 0.5) is 5.82 Å². The third-order valence-corrected chi connectivity index (χ3v) is 2.19. The highest BCUT2D eigenvalue weighted by Gasteiger charge is 2.11. The Morgan fingerprint density at radius 1 is 1.50 bits per heavy atom. The minimum atomic E-state index is 0.158. The number of hydrogen-bond donors (Lipinski definition) is 1. The molecule has 2 rings (SSSR count). The largest absolute Gasteiger partial charge is 0.383 e. The molecule has 0 radical (unpaired) electrons.